The van der Waals surface area contributed by atoms with E-state index in [1.807, 2.05) is 5.51 Å². The van der Waals surface area contributed by atoms with Crippen LogP contribution in [0.4, 0.5) is 0 Å². The van der Waals surface area contributed by atoms with Crippen molar-refractivity contribution in [3.8, 4) is 0 Å². The van der Waals surface area contributed by atoms with Gasteiger partial charge < -0.3 is 5.32 Å². The molecule has 0 radical (unpaired) electrons. The second-order valence-corrected chi connectivity index (χ2v) is 5.24. The van der Waals surface area contributed by atoms with Crippen LogP contribution in [0, 0.1) is 5.92 Å². The summed E-state index contributed by atoms with van der Waals surface area (Å²) in [5, 5.41) is 5.77. The van der Waals surface area contributed by atoms with E-state index in [2.05, 4.69) is 22.6 Å². The standard InChI is InChI=1S/C12H20N2S/c1-10(11-4-2-3-5-11)13-7-6-12-8-15-9-14-12/h8-11,13H,2-7H2,1H3. The van der Waals surface area contributed by atoms with Crippen LogP contribution in [0.15, 0.2) is 10.9 Å². The molecule has 0 bridgehead atoms. The molecular formula is C12H20N2S. The first-order valence-corrected chi connectivity index (χ1v) is 6.91. The molecule has 3 heteroatoms. The molecule has 0 saturated heterocycles. The summed E-state index contributed by atoms with van der Waals surface area (Å²) < 4.78 is 0. The minimum absolute atomic E-state index is 0.686. The Labute approximate surface area is 96.1 Å². The topological polar surface area (TPSA) is 24.9 Å². The zero-order valence-corrected chi connectivity index (χ0v) is 10.2. The highest BCUT2D eigenvalue weighted by Gasteiger charge is 2.20. The van der Waals surface area contributed by atoms with Crippen LogP contribution in [0.2, 0.25) is 0 Å². The lowest BCUT2D eigenvalue weighted by molar-refractivity contribution is 0.383. The predicted molar refractivity (Wildman–Crippen MR) is 65.2 cm³/mol. The van der Waals surface area contributed by atoms with Crippen molar-refractivity contribution >= 4 is 11.3 Å². The van der Waals surface area contributed by atoms with Gasteiger partial charge >= 0.3 is 0 Å². The van der Waals surface area contributed by atoms with E-state index in [1.54, 1.807) is 11.3 Å². The molecule has 1 atom stereocenters. The molecule has 1 aromatic heterocycles. The van der Waals surface area contributed by atoms with E-state index in [0.717, 1.165) is 18.9 Å². The summed E-state index contributed by atoms with van der Waals surface area (Å²) in [5.74, 6) is 0.917. The molecule has 1 aliphatic carbocycles. The van der Waals surface area contributed by atoms with Gasteiger partial charge in [0, 0.05) is 24.4 Å². The second kappa shape index (κ2) is 5.61. The molecule has 1 unspecified atom stereocenters. The van der Waals surface area contributed by atoms with Crippen LogP contribution in [0.1, 0.15) is 38.3 Å². The van der Waals surface area contributed by atoms with Crippen molar-refractivity contribution < 1.29 is 0 Å². The van der Waals surface area contributed by atoms with E-state index in [4.69, 9.17) is 0 Å². The molecule has 1 aliphatic rings. The smallest absolute Gasteiger partial charge is 0.0794 e. The van der Waals surface area contributed by atoms with Crippen molar-refractivity contribution in [2.75, 3.05) is 6.54 Å². The highest BCUT2D eigenvalue weighted by molar-refractivity contribution is 7.07. The fourth-order valence-corrected chi connectivity index (χ4v) is 3.01. The normalized spacial score (nSPS) is 19.5. The van der Waals surface area contributed by atoms with E-state index in [1.165, 1.54) is 31.4 Å². The molecule has 0 amide bonds. The van der Waals surface area contributed by atoms with Crippen LogP contribution in [-0.2, 0) is 6.42 Å². The third-order valence-corrected chi connectivity index (χ3v) is 4.07. The molecule has 1 aromatic rings. The maximum Gasteiger partial charge on any atom is 0.0794 e. The van der Waals surface area contributed by atoms with Crippen molar-refractivity contribution in [2.24, 2.45) is 5.92 Å². The lowest BCUT2D eigenvalue weighted by Crippen LogP contribution is -2.33. The van der Waals surface area contributed by atoms with Gasteiger partial charge in [0.25, 0.3) is 0 Å². The van der Waals surface area contributed by atoms with Gasteiger partial charge in [-0.25, -0.2) is 4.98 Å². The average molecular weight is 224 g/mol. The second-order valence-electron chi connectivity index (χ2n) is 4.52. The fraction of sp³-hybridized carbons (Fsp3) is 0.750. The molecule has 84 valence electrons. The lowest BCUT2D eigenvalue weighted by Gasteiger charge is -2.20. The summed E-state index contributed by atoms with van der Waals surface area (Å²) in [6.07, 6.45) is 6.78. The molecule has 1 saturated carbocycles. The number of nitrogens with zero attached hydrogens (tertiary/aromatic N) is 1. The van der Waals surface area contributed by atoms with Gasteiger partial charge in [-0.2, -0.15) is 0 Å². The number of hydrogen-bond donors (Lipinski definition) is 1. The van der Waals surface area contributed by atoms with Gasteiger partial charge in [0.05, 0.1) is 11.2 Å². The summed E-state index contributed by atoms with van der Waals surface area (Å²) in [6, 6.07) is 0.686. The fourth-order valence-electron chi connectivity index (χ4n) is 2.41. The van der Waals surface area contributed by atoms with Gasteiger partial charge in [-0.1, -0.05) is 12.8 Å². The molecule has 1 N–H and O–H groups in total. The van der Waals surface area contributed by atoms with E-state index in [-0.39, 0.29) is 0 Å². The Hall–Kier alpha value is -0.410. The number of nitrogens with one attached hydrogen (secondary N) is 1. The van der Waals surface area contributed by atoms with E-state index in [9.17, 15) is 0 Å². The summed E-state index contributed by atoms with van der Waals surface area (Å²) in [5.41, 5.74) is 3.14. The monoisotopic (exact) mass is 224 g/mol. The summed E-state index contributed by atoms with van der Waals surface area (Å²) in [6.45, 7) is 3.40. The van der Waals surface area contributed by atoms with Crippen LogP contribution in [-0.4, -0.2) is 17.6 Å². The minimum Gasteiger partial charge on any atom is -0.314 e. The third-order valence-electron chi connectivity index (χ3n) is 3.44. The molecule has 15 heavy (non-hydrogen) atoms. The molecule has 0 aromatic carbocycles. The Kier molecular flexibility index (Phi) is 4.15. The van der Waals surface area contributed by atoms with Crippen molar-refractivity contribution in [1.82, 2.24) is 10.3 Å². The van der Waals surface area contributed by atoms with E-state index >= 15 is 0 Å². The van der Waals surface area contributed by atoms with Gasteiger partial charge in [-0.05, 0) is 25.7 Å². The van der Waals surface area contributed by atoms with Gasteiger partial charge in [0.2, 0.25) is 0 Å². The van der Waals surface area contributed by atoms with Crippen LogP contribution < -0.4 is 5.32 Å². The molecule has 2 nitrogen and oxygen atoms in total. The van der Waals surface area contributed by atoms with Crippen molar-refractivity contribution in [2.45, 2.75) is 45.1 Å². The Morgan fingerprint density at radius 3 is 3.00 bits per heavy atom. The highest BCUT2D eigenvalue weighted by atomic mass is 32.1. The van der Waals surface area contributed by atoms with Crippen molar-refractivity contribution in [1.29, 1.82) is 0 Å². The van der Waals surface area contributed by atoms with E-state index in [0.29, 0.717) is 6.04 Å². The first-order valence-electron chi connectivity index (χ1n) is 5.96. The largest absolute Gasteiger partial charge is 0.314 e. The Morgan fingerprint density at radius 2 is 2.33 bits per heavy atom. The van der Waals surface area contributed by atoms with Crippen LogP contribution >= 0.6 is 11.3 Å². The van der Waals surface area contributed by atoms with Crippen molar-refractivity contribution in [3.63, 3.8) is 0 Å². The maximum absolute atomic E-state index is 4.29. The number of rotatable bonds is 5. The van der Waals surface area contributed by atoms with Gasteiger partial charge in [-0.15, -0.1) is 11.3 Å². The molecular weight excluding hydrogens is 204 g/mol. The maximum atomic E-state index is 4.29. The lowest BCUT2D eigenvalue weighted by atomic mass is 10.00. The first kappa shape index (κ1) is 11.1. The van der Waals surface area contributed by atoms with Gasteiger partial charge in [0.15, 0.2) is 0 Å². The number of aromatic nitrogens is 1. The third kappa shape index (κ3) is 3.28. The number of thiazole rings is 1. The first-order chi connectivity index (χ1) is 7.36. The molecule has 0 spiro atoms. The Bertz CT molecular complexity index is 265. The zero-order valence-electron chi connectivity index (χ0n) is 9.41. The van der Waals surface area contributed by atoms with Gasteiger partial charge in [-0.3, -0.25) is 0 Å². The van der Waals surface area contributed by atoms with Gasteiger partial charge in [0.1, 0.15) is 0 Å². The molecule has 0 aliphatic heterocycles. The Morgan fingerprint density at radius 1 is 1.53 bits per heavy atom. The van der Waals surface area contributed by atoms with E-state index < -0.39 is 0 Å². The summed E-state index contributed by atoms with van der Waals surface area (Å²) in [4.78, 5) is 4.29. The van der Waals surface area contributed by atoms with Crippen LogP contribution in [0.5, 0.6) is 0 Å². The summed E-state index contributed by atoms with van der Waals surface area (Å²) >= 11 is 1.68. The number of hydrogen-bond acceptors (Lipinski definition) is 3. The molecule has 1 fully saturated rings. The zero-order chi connectivity index (χ0) is 10.5. The summed E-state index contributed by atoms with van der Waals surface area (Å²) in [7, 11) is 0. The SMILES string of the molecule is CC(NCCc1cscn1)C1CCCC1. The Balaban J connectivity index is 1.64. The van der Waals surface area contributed by atoms with Crippen LogP contribution in [0.3, 0.4) is 0 Å². The molecule has 1 heterocycles. The quantitative estimate of drug-likeness (QED) is 0.832. The predicted octanol–water partition coefficient (Wildman–Crippen LogP) is 2.85. The molecule has 2 rings (SSSR count). The van der Waals surface area contributed by atoms with Crippen LogP contribution in [0.25, 0.3) is 0 Å². The minimum atomic E-state index is 0.686. The van der Waals surface area contributed by atoms with Crippen molar-refractivity contribution in [3.05, 3.63) is 16.6 Å². The average Bonchev–Trinajstić information content (AvgIpc) is 2.90. The highest BCUT2D eigenvalue weighted by Crippen LogP contribution is 2.27.